The fourth-order valence-corrected chi connectivity index (χ4v) is 2.70. The molecule has 2 nitrogen and oxygen atoms in total. The van der Waals surface area contributed by atoms with E-state index in [0.717, 1.165) is 16.7 Å². The van der Waals surface area contributed by atoms with Crippen molar-refractivity contribution in [2.75, 3.05) is 6.61 Å². The SMILES string of the molecule is C=C1COC(=O)C1(c1ccccc1)c1ccccc1. The van der Waals surface area contributed by atoms with Crippen molar-refractivity contribution in [3.8, 4) is 0 Å². The molecule has 19 heavy (non-hydrogen) atoms. The van der Waals surface area contributed by atoms with Gasteiger partial charge in [0, 0.05) is 0 Å². The summed E-state index contributed by atoms with van der Waals surface area (Å²) < 4.78 is 5.25. The highest BCUT2D eigenvalue weighted by Crippen LogP contribution is 2.43. The van der Waals surface area contributed by atoms with Crippen molar-refractivity contribution in [1.82, 2.24) is 0 Å². The van der Waals surface area contributed by atoms with Crippen molar-refractivity contribution in [3.63, 3.8) is 0 Å². The van der Waals surface area contributed by atoms with Gasteiger partial charge in [0.25, 0.3) is 0 Å². The number of carbonyl (C=O) groups excluding carboxylic acids is 1. The van der Waals surface area contributed by atoms with E-state index >= 15 is 0 Å². The van der Waals surface area contributed by atoms with Crippen LogP contribution in [0.1, 0.15) is 11.1 Å². The summed E-state index contributed by atoms with van der Waals surface area (Å²) in [6, 6.07) is 19.4. The fourth-order valence-electron chi connectivity index (χ4n) is 2.70. The molecule has 2 aromatic rings. The number of hydrogen-bond acceptors (Lipinski definition) is 2. The van der Waals surface area contributed by atoms with Crippen molar-refractivity contribution in [2.24, 2.45) is 0 Å². The van der Waals surface area contributed by atoms with E-state index in [1.807, 2.05) is 60.7 Å². The summed E-state index contributed by atoms with van der Waals surface area (Å²) in [6.45, 7) is 4.35. The second-order valence-corrected chi connectivity index (χ2v) is 4.66. The van der Waals surface area contributed by atoms with E-state index < -0.39 is 5.41 Å². The van der Waals surface area contributed by atoms with Crippen molar-refractivity contribution >= 4 is 5.97 Å². The number of esters is 1. The fraction of sp³-hybridized carbons (Fsp3) is 0.118. The molecule has 1 fully saturated rings. The van der Waals surface area contributed by atoms with Gasteiger partial charge in [-0.3, -0.25) is 4.79 Å². The molecule has 0 aromatic heterocycles. The lowest BCUT2D eigenvalue weighted by Crippen LogP contribution is -2.34. The molecule has 1 heterocycles. The molecule has 2 aromatic carbocycles. The molecule has 0 saturated carbocycles. The van der Waals surface area contributed by atoms with E-state index in [0.29, 0.717) is 0 Å². The Hall–Kier alpha value is -2.35. The molecule has 0 spiro atoms. The maximum absolute atomic E-state index is 12.4. The van der Waals surface area contributed by atoms with E-state index in [2.05, 4.69) is 6.58 Å². The summed E-state index contributed by atoms with van der Waals surface area (Å²) >= 11 is 0. The van der Waals surface area contributed by atoms with Gasteiger partial charge in [-0.2, -0.15) is 0 Å². The lowest BCUT2D eigenvalue weighted by Gasteiger charge is -2.27. The first-order valence-electron chi connectivity index (χ1n) is 6.23. The lowest BCUT2D eigenvalue weighted by atomic mass is 9.71. The molecule has 1 aliphatic rings. The average Bonchev–Trinajstić information content (AvgIpc) is 2.77. The van der Waals surface area contributed by atoms with Crippen molar-refractivity contribution in [1.29, 1.82) is 0 Å². The first-order valence-corrected chi connectivity index (χ1v) is 6.23. The van der Waals surface area contributed by atoms with Crippen LogP contribution in [0.3, 0.4) is 0 Å². The Morgan fingerprint density at radius 2 is 1.37 bits per heavy atom. The van der Waals surface area contributed by atoms with Crippen LogP contribution in [0.25, 0.3) is 0 Å². The molecule has 1 aliphatic heterocycles. The van der Waals surface area contributed by atoms with Crippen LogP contribution in [0.15, 0.2) is 72.8 Å². The number of ether oxygens (including phenoxy) is 1. The van der Waals surface area contributed by atoms with Gasteiger partial charge in [0.2, 0.25) is 0 Å². The van der Waals surface area contributed by atoms with E-state index in [-0.39, 0.29) is 12.6 Å². The molecule has 2 heteroatoms. The van der Waals surface area contributed by atoms with Gasteiger partial charge in [-0.25, -0.2) is 0 Å². The zero-order chi connectivity index (χ0) is 13.3. The Kier molecular flexibility index (Phi) is 2.71. The molecule has 0 bridgehead atoms. The molecule has 0 N–H and O–H groups in total. The minimum Gasteiger partial charge on any atom is -0.460 e. The third kappa shape index (κ3) is 1.60. The first-order chi connectivity index (χ1) is 9.26. The smallest absolute Gasteiger partial charge is 0.325 e. The van der Waals surface area contributed by atoms with E-state index in [9.17, 15) is 4.79 Å². The Morgan fingerprint density at radius 3 is 1.74 bits per heavy atom. The number of benzene rings is 2. The zero-order valence-electron chi connectivity index (χ0n) is 10.5. The van der Waals surface area contributed by atoms with Gasteiger partial charge < -0.3 is 4.74 Å². The van der Waals surface area contributed by atoms with Crippen LogP contribution < -0.4 is 0 Å². The quantitative estimate of drug-likeness (QED) is 0.604. The molecule has 0 radical (unpaired) electrons. The molecule has 0 atom stereocenters. The predicted octanol–water partition coefficient (Wildman–Crippen LogP) is 3.09. The minimum atomic E-state index is -0.859. The largest absolute Gasteiger partial charge is 0.460 e. The van der Waals surface area contributed by atoms with Gasteiger partial charge in [0.05, 0.1) is 0 Å². The second kappa shape index (κ2) is 4.39. The summed E-state index contributed by atoms with van der Waals surface area (Å²) in [5, 5.41) is 0. The molecular formula is C17H14O2. The highest BCUT2D eigenvalue weighted by Gasteiger charge is 2.50. The summed E-state index contributed by atoms with van der Waals surface area (Å²) in [5.41, 5.74) is 1.75. The maximum Gasteiger partial charge on any atom is 0.325 e. The molecule has 3 rings (SSSR count). The Bertz CT molecular complexity index is 557. The topological polar surface area (TPSA) is 26.3 Å². The van der Waals surface area contributed by atoms with Crippen molar-refractivity contribution < 1.29 is 9.53 Å². The van der Waals surface area contributed by atoms with Crippen molar-refractivity contribution in [2.45, 2.75) is 5.41 Å². The van der Waals surface area contributed by atoms with Crippen LogP contribution in [0.5, 0.6) is 0 Å². The van der Waals surface area contributed by atoms with Crippen molar-refractivity contribution in [3.05, 3.63) is 83.9 Å². The van der Waals surface area contributed by atoms with Gasteiger partial charge >= 0.3 is 5.97 Å². The summed E-state index contributed by atoms with van der Waals surface area (Å²) in [6.07, 6.45) is 0. The highest BCUT2D eigenvalue weighted by molar-refractivity contribution is 5.94. The average molecular weight is 250 g/mol. The van der Waals surface area contributed by atoms with Crippen LogP contribution in [0.4, 0.5) is 0 Å². The van der Waals surface area contributed by atoms with E-state index in [1.165, 1.54) is 0 Å². The minimum absolute atomic E-state index is 0.241. The monoisotopic (exact) mass is 250 g/mol. The predicted molar refractivity (Wildman–Crippen MR) is 73.8 cm³/mol. The summed E-state index contributed by atoms with van der Waals surface area (Å²) in [5.74, 6) is -0.241. The Balaban J connectivity index is 2.29. The lowest BCUT2D eigenvalue weighted by molar-refractivity contribution is -0.141. The molecule has 1 saturated heterocycles. The third-order valence-electron chi connectivity index (χ3n) is 3.63. The van der Waals surface area contributed by atoms with Gasteiger partial charge in [0.1, 0.15) is 12.0 Å². The Labute approximate surface area is 112 Å². The second-order valence-electron chi connectivity index (χ2n) is 4.66. The van der Waals surface area contributed by atoms with Gasteiger partial charge in [-0.15, -0.1) is 0 Å². The molecule has 0 unspecified atom stereocenters. The number of rotatable bonds is 2. The van der Waals surface area contributed by atoms with Gasteiger partial charge in [-0.1, -0.05) is 67.2 Å². The molecular weight excluding hydrogens is 236 g/mol. The van der Waals surface area contributed by atoms with Gasteiger partial charge in [-0.05, 0) is 16.7 Å². The first kappa shape index (κ1) is 11.7. The summed E-state index contributed by atoms with van der Waals surface area (Å²) in [7, 11) is 0. The molecule has 94 valence electrons. The van der Waals surface area contributed by atoms with Crippen LogP contribution in [-0.4, -0.2) is 12.6 Å². The maximum atomic E-state index is 12.4. The number of hydrogen-bond donors (Lipinski definition) is 0. The Morgan fingerprint density at radius 1 is 0.895 bits per heavy atom. The van der Waals surface area contributed by atoms with Crippen LogP contribution in [0.2, 0.25) is 0 Å². The summed E-state index contributed by atoms with van der Waals surface area (Å²) in [4.78, 5) is 12.4. The van der Waals surface area contributed by atoms with Crippen LogP contribution in [-0.2, 0) is 14.9 Å². The third-order valence-corrected chi connectivity index (χ3v) is 3.63. The van der Waals surface area contributed by atoms with Crippen LogP contribution >= 0.6 is 0 Å². The van der Waals surface area contributed by atoms with Gasteiger partial charge in [0.15, 0.2) is 0 Å². The number of carbonyl (C=O) groups is 1. The van der Waals surface area contributed by atoms with Crippen LogP contribution in [0, 0.1) is 0 Å². The van der Waals surface area contributed by atoms with E-state index in [4.69, 9.17) is 4.74 Å². The molecule has 0 amide bonds. The van der Waals surface area contributed by atoms with E-state index in [1.54, 1.807) is 0 Å². The normalized spacial score (nSPS) is 17.3. The highest BCUT2D eigenvalue weighted by atomic mass is 16.5. The number of cyclic esters (lactones) is 1. The zero-order valence-corrected chi connectivity index (χ0v) is 10.5. The standard InChI is InChI=1S/C17H14O2/c1-13-12-19-16(18)17(13,14-8-4-2-5-9-14)15-10-6-3-7-11-15/h2-11H,1,12H2. The molecule has 0 aliphatic carbocycles.